The minimum absolute atomic E-state index is 0.0472. The Kier molecular flexibility index (Phi) is 4.28. The molecule has 6 heteroatoms. The second-order valence-corrected chi connectivity index (χ2v) is 5.21. The summed E-state index contributed by atoms with van der Waals surface area (Å²) in [5.41, 5.74) is 0.0472. The number of carbonyl (C=O) groups is 2. The average Bonchev–Trinajstić information content (AvgIpc) is 2.41. The molecule has 2 atom stereocenters. The molecule has 1 aromatic carbocycles. The normalized spacial score (nSPS) is 22.9. The van der Waals surface area contributed by atoms with Gasteiger partial charge in [-0.1, -0.05) is 31.0 Å². The quantitative estimate of drug-likeness (QED) is 0.932. The first kappa shape index (κ1) is 14.8. The summed E-state index contributed by atoms with van der Waals surface area (Å²) in [5.74, 6) is -1.28. The van der Waals surface area contributed by atoms with E-state index in [0.29, 0.717) is 6.42 Å². The predicted octanol–water partition coefficient (Wildman–Crippen LogP) is 2.50. The fraction of sp³-hybridized carbons (Fsp3) is 0.429. The number of nitrogens with one attached hydrogen (secondary N) is 1. The van der Waals surface area contributed by atoms with Crippen molar-refractivity contribution in [2.75, 3.05) is 4.90 Å². The predicted molar refractivity (Wildman–Crippen MR) is 75.2 cm³/mol. The van der Waals surface area contributed by atoms with Gasteiger partial charge in [-0.3, -0.25) is 14.5 Å². The first-order chi connectivity index (χ1) is 9.47. The fourth-order valence-corrected chi connectivity index (χ4v) is 2.49. The topological polar surface area (TPSA) is 49.4 Å². The van der Waals surface area contributed by atoms with Crippen molar-refractivity contribution in [3.8, 4) is 0 Å². The second-order valence-electron chi connectivity index (χ2n) is 4.81. The van der Waals surface area contributed by atoms with Crippen molar-refractivity contribution in [1.29, 1.82) is 0 Å². The molecule has 1 saturated heterocycles. The summed E-state index contributed by atoms with van der Waals surface area (Å²) in [5, 5.41) is 2.60. The number of benzene rings is 1. The Hall–Kier alpha value is -1.62. The van der Waals surface area contributed by atoms with E-state index in [4.69, 9.17) is 11.6 Å². The Labute approximate surface area is 121 Å². The molecule has 1 fully saturated rings. The van der Waals surface area contributed by atoms with E-state index >= 15 is 0 Å². The number of halogens is 2. The van der Waals surface area contributed by atoms with Gasteiger partial charge in [0.25, 0.3) is 0 Å². The Balaban J connectivity index is 2.43. The van der Waals surface area contributed by atoms with E-state index in [1.54, 1.807) is 13.0 Å². The molecule has 4 nitrogen and oxygen atoms in total. The molecule has 2 unspecified atom stereocenters. The van der Waals surface area contributed by atoms with E-state index < -0.39 is 17.9 Å². The Morgan fingerprint density at radius 2 is 2.10 bits per heavy atom. The summed E-state index contributed by atoms with van der Waals surface area (Å²) in [4.78, 5) is 25.6. The number of rotatable bonds is 3. The number of amides is 2. The van der Waals surface area contributed by atoms with Crippen LogP contribution in [0.1, 0.15) is 26.7 Å². The highest BCUT2D eigenvalue weighted by Gasteiger charge is 2.39. The number of anilines is 1. The highest BCUT2D eigenvalue weighted by atomic mass is 35.5. The van der Waals surface area contributed by atoms with E-state index in [0.717, 1.165) is 6.42 Å². The molecular weight excluding hydrogens is 283 g/mol. The first-order valence-electron chi connectivity index (χ1n) is 6.54. The fourth-order valence-electron chi connectivity index (χ4n) is 2.32. The van der Waals surface area contributed by atoms with Crippen LogP contribution in [-0.4, -0.2) is 23.9 Å². The summed E-state index contributed by atoms with van der Waals surface area (Å²) in [7, 11) is 0. The number of hydrogen-bond donors (Lipinski definition) is 1. The lowest BCUT2D eigenvalue weighted by Gasteiger charge is -2.37. The van der Waals surface area contributed by atoms with Crippen molar-refractivity contribution >= 4 is 29.1 Å². The number of hydrogen-bond acceptors (Lipinski definition) is 2. The molecule has 1 aliphatic heterocycles. The van der Waals surface area contributed by atoms with Gasteiger partial charge < -0.3 is 5.32 Å². The Bertz CT molecular complexity index is 550. The van der Waals surface area contributed by atoms with Crippen LogP contribution < -0.4 is 10.2 Å². The van der Waals surface area contributed by atoms with Gasteiger partial charge in [-0.15, -0.1) is 0 Å². The monoisotopic (exact) mass is 298 g/mol. The van der Waals surface area contributed by atoms with Gasteiger partial charge in [0.2, 0.25) is 11.8 Å². The third-order valence-electron chi connectivity index (χ3n) is 3.39. The van der Waals surface area contributed by atoms with Gasteiger partial charge in [0.05, 0.1) is 10.7 Å². The number of piperazine rings is 1. The van der Waals surface area contributed by atoms with E-state index in [-0.39, 0.29) is 22.5 Å². The minimum atomic E-state index is -0.761. The SMILES string of the molecule is CCCC1NC(=O)C(C)N(c2cccc(Cl)c2F)C1=O. The van der Waals surface area contributed by atoms with Crippen molar-refractivity contribution in [2.24, 2.45) is 0 Å². The molecule has 1 aromatic rings. The lowest BCUT2D eigenvalue weighted by atomic mass is 10.0. The van der Waals surface area contributed by atoms with Crippen LogP contribution in [0.5, 0.6) is 0 Å². The van der Waals surface area contributed by atoms with Crippen LogP contribution in [0.2, 0.25) is 5.02 Å². The molecule has 0 spiro atoms. The van der Waals surface area contributed by atoms with Gasteiger partial charge in [-0.05, 0) is 25.5 Å². The van der Waals surface area contributed by atoms with E-state index in [1.165, 1.54) is 17.0 Å². The zero-order chi connectivity index (χ0) is 14.9. The molecule has 1 N–H and O–H groups in total. The van der Waals surface area contributed by atoms with Crippen LogP contribution in [-0.2, 0) is 9.59 Å². The van der Waals surface area contributed by atoms with Crippen LogP contribution in [0.3, 0.4) is 0 Å². The molecule has 0 radical (unpaired) electrons. The van der Waals surface area contributed by atoms with Crippen LogP contribution in [0.4, 0.5) is 10.1 Å². The van der Waals surface area contributed by atoms with Crippen molar-refractivity contribution in [1.82, 2.24) is 5.32 Å². The third kappa shape index (κ3) is 2.50. The summed E-state index contributed by atoms with van der Waals surface area (Å²) in [6, 6.07) is 3.05. The highest BCUT2D eigenvalue weighted by molar-refractivity contribution is 6.31. The van der Waals surface area contributed by atoms with Gasteiger partial charge in [0, 0.05) is 0 Å². The molecular formula is C14H16ClFN2O2. The summed E-state index contributed by atoms with van der Waals surface area (Å²) in [6.45, 7) is 3.48. The smallest absolute Gasteiger partial charge is 0.250 e. The second kappa shape index (κ2) is 5.79. The maximum absolute atomic E-state index is 14.1. The molecule has 1 aliphatic rings. The lowest BCUT2D eigenvalue weighted by Crippen LogP contribution is -2.62. The average molecular weight is 299 g/mol. The Morgan fingerprint density at radius 3 is 2.75 bits per heavy atom. The number of carbonyl (C=O) groups excluding carboxylic acids is 2. The highest BCUT2D eigenvalue weighted by Crippen LogP contribution is 2.29. The zero-order valence-electron chi connectivity index (χ0n) is 11.3. The third-order valence-corrected chi connectivity index (χ3v) is 3.68. The minimum Gasteiger partial charge on any atom is -0.342 e. The molecule has 108 valence electrons. The molecule has 0 aliphatic carbocycles. The van der Waals surface area contributed by atoms with Gasteiger partial charge in [-0.25, -0.2) is 4.39 Å². The summed E-state index contributed by atoms with van der Waals surface area (Å²) in [6.07, 6.45) is 1.27. The molecule has 0 aromatic heterocycles. The zero-order valence-corrected chi connectivity index (χ0v) is 12.1. The van der Waals surface area contributed by atoms with Crippen LogP contribution in [0, 0.1) is 5.82 Å². The number of nitrogens with zero attached hydrogens (tertiary/aromatic N) is 1. The molecule has 0 bridgehead atoms. The van der Waals surface area contributed by atoms with E-state index in [2.05, 4.69) is 5.32 Å². The summed E-state index contributed by atoms with van der Waals surface area (Å²) >= 11 is 5.75. The van der Waals surface area contributed by atoms with Crippen molar-refractivity contribution in [3.63, 3.8) is 0 Å². The van der Waals surface area contributed by atoms with Gasteiger partial charge >= 0.3 is 0 Å². The maximum atomic E-state index is 14.1. The van der Waals surface area contributed by atoms with Crippen molar-refractivity contribution in [2.45, 2.75) is 38.8 Å². The largest absolute Gasteiger partial charge is 0.342 e. The standard InChI is InChI=1S/C14H16ClFN2O2/c1-3-5-10-14(20)18(8(2)13(19)17-10)11-7-4-6-9(15)12(11)16/h4,6-8,10H,3,5H2,1-2H3,(H,17,19). The van der Waals surface area contributed by atoms with Gasteiger partial charge in [0.15, 0.2) is 5.82 Å². The van der Waals surface area contributed by atoms with Gasteiger partial charge in [0.1, 0.15) is 12.1 Å². The molecule has 20 heavy (non-hydrogen) atoms. The van der Waals surface area contributed by atoms with Crippen LogP contribution >= 0.6 is 11.6 Å². The van der Waals surface area contributed by atoms with Crippen LogP contribution in [0.15, 0.2) is 18.2 Å². The molecule has 1 heterocycles. The molecule has 2 amide bonds. The first-order valence-corrected chi connectivity index (χ1v) is 6.92. The van der Waals surface area contributed by atoms with Crippen LogP contribution in [0.25, 0.3) is 0 Å². The Morgan fingerprint density at radius 1 is 1.40 bits per heavy atom. The van der Waals surface area contributed by atoms with Crippen molar-refractivity contribution in [3.05, 3.63) is 29.0 Å². The lowest BCUT2D eigenvalue weighted by molar-refractivity contribution is -0.133. The van der Waals surface area contributed by atoms with Crippen molar-refractivity contribution < 1.29 is 14.0 Å². The maximum Gasteiger partial charge on any atom is 0.250 e. The molecule has 0 saturated carbocycles. The van der Waals surface area contributed by atoms with Gasteiger partial charge in [-0.2, -0.15) is 0 Å². The van der Waals surface area contributed by atoms with E-state index in [9.17, 15) is 14.0 Å². The summed E-state index contributed by atoms with van der Waals surface area (Å²) < 4.78 is 14.1. The molecule has 2 rings (SSSR count). The van der Waals surface area contributed by atoms with E-state index in [1.807, 2.05) is 6.92 Å².